The van der Waals surface area contributed by atoms with Crippen molar-refractivity contribution in [1.82, 2.24) is 10.2 Å². The van der Waals surface area contributed by atoms with Crippen LogP contribution in [0.25, 0.3) is 0 Å². The van der Waals surface area contributed by atoms with E-state index in [9.17, 15) is 4.39 Å². The van der Waals surface area contributed by atoms with Crippen LogP contribution in [0.4, 0.5) is 4.39 Å². The summed E-state index contributed by atoms with van der Waals surface area (Å²) >= 11 is 0. The van der Waals surface area contributed by atoms with Crippen molar-refractivity contribution in [2.45, 2.75) is 32.4 Å². The molecule has 1 N–H and O–H groups in total. The molecule has 100 valence electrons. The molecule has 2 nitrogen and oxygen atoms in total. The summed E-state index contributed by atoms with van der Waals surface area (Å²) in [5.74, 6) is 0.552. The molecule has 1 heterocycles. The molecule has 1 aromatic carbocycles. The van der Waals surface area contributed by atoms with E-state index in [1.54, 1.807) is 12.1 Å². The Morgan fingerprint density at radius 3 is 3.06 bits per heavy atom. The fourth-order valence-corrected chi connectivity index (χ4v) is 2.71. The Kier molecular flexibility index (Phi) is 4.72. The van der Waals surface area contributed by atoms with Gasteiger partial charge in [-0.05, 0) is 57.0 Å². The van der Waals surface area contributed by atoms with Crippen molar-refractivity contribution in [1.29, 1.82) is 0 Å². The third-order valence-corrected chi connectivity index (χ3v) is 3.89. The number of hydrogen-bond acceptors (Lipinski definition) is 2. The first-order chi connectivity index (χ1) is 8.65. The van der Waals surface area contributed by atoms with Crippen molar-refractivity contribution in [3.8, 4) is 0 Å². The Balaban J connectivity index is 1.82. The largest absolute Gasteiger partial charge is 0.310 e. The van der Waals surface area contributed by atoms with Crippen LogP contribution in [0.2, 0.25) is 0 Å². The minimum Gasteiger partial charge on any atom is -0.310 e. The molecule has 1 aliphatic heterocycles. The Labute approximate surface area is 109 Å². The average molecular weight is 250 g/mol. The SMILES string of the molecule is CC(NCc1cccc(F)c1)C1CCCN(C)C1. The van der Waals surface area contributed by atoms with Gasteiger partial charge in [0.15, 0.2) is 0 Å². The lowest BCUT2D eigenvalue weighted by Crippen LogP contribution is -2.42. The van der Waals surface area contributed by atoms with E-state index >= 15 is 0 Å². The predicted octanol–water partition coefficient (Wildman–Crippen LogP) is 2.65. The van der Waals surface area contributed by atoms with E-state index in [4.69, 9.17) is 0 Å². The summed E-state index contributed by atoms with van der Waals surface area (Å²) in [7, 11) is 2.19. The molecule has 0 aliphatic carbocycles. The number of hydrogen-bond donors (Lipinski definition) is 1. The van der Waals surface area contributed by atoms with Crippen LogP contribution in [-0.2, 0) is 6.54 Å². The smallest absolute Gasteiger partial charge is 0.123 e. The standard InChI is InChI=1S/C15H23FN2/c1-12(14-6-4-8-18(2)11-14)17-10-13-5-3-7-15(16)9-13/h3,5,7,9,12,14,17H,4,6,8,10-11H2,1-2H3. The van der Waals surface area contributed by atoms with Crippen molar-refractivity contribution < 1.29 is 4.39 Å². The van der Waals surface area contributed by atoms with Gasteiger partial charge in [0.1, 0.15) is 5.82 Å². The zero-order valence-corrected chi connectivity index (χ0v) is 11.3. The van der Waals surface area contributed by atoms with Gasteiger partial charge < -0.3 is 10.2 Å². The normalized spacial score (nSPS) is 22.9. The second kappa shape index (κ2) is 6.30. The topological polar surface area (TPSA) is 15.3 Å². The molecule has 0 spiro atoms. The van der Waals surface area contributed by atoms with Gasteiger partial charge in [-0.2, -0.15) is 0 Å². The Morgan fingerprint density at radius 2 is 2.33 bits per heavy atom. The highest BCUT2D eigenvalue weighted by Crippen LogP contribution is 2.18. The number of nitrogens with zero attached hydrogens (tertiary/aromatic N) is 1. The van der Waals surface area contributed by atoms with Crippen molar-refractivity contribution in [2.24, 2.45) is 5.92 Å². The van der Waals surface area contributed by atoms with E-state index in [2.05, 4.69) is 24.2 Å². The monoisotopic (exact) mass is 250 g/mol. The number of rotatable bonds is 4. The maximum atomic E-state index is 13.1. The second-order valence-electron chi connectivity index (χ2n) is 5.46. The quantitative estimate of drug-likeness (QED) is 0.883. The average Bonchev–Trinajstić information content (AvgIpc) is 2.36. The van der Waals surface area contributed by atoms with Crippen LogP contribution in [-0.4, -0.2) is 31.1 Å². The van der Waals surface area contributed by atoms with Crippen LogP contribution in [0.15, 0.2) is 24.3 Å². The van der Waals surface area contributed by atoms with Crippen LogP contribution >= 0.6 is 0 Å². The molecule has 0 amide bonds. The molecule has 18 heavy (non-hydrogen) atoms. The maximum Gasteiger partial charge on any atom is 0.123 e. The predicted molar refractivity (Wildman–Crippen MR) is 72.9 cm³/mol. The molecule has 1 aromatic rings. The highest BCUT2D eigenvalue weighted by molar-refractivity contribution is 5.16. The summed E-state index contributed by atoms with van der Waals surface area (Å²) in [5.41, 5.74) is 1.02. The van der Waals surface area contributed by atoms with Gasteiger partial charge in [0, 0.05) is 19.1 Å². The molecule has 2 unspecified atom stereocenters. The number of halogens is 1. The minimum atomic E-state index is -0.153. The summed E-state index contributed by atoms with van der Waals surface area (Å²) in [6.07, 6.45) is 2.58. The first-order valence-corrected chi connectivity index (χ1v) is 6.81. The Morgan fingerprint density at radius 1 is 1.50 bits per heavy atom. The van der Waals surface area contributed by atoms with Crippen molar-refractivity contribution in [2.75, 3.05) is 20.1 Å². The van der Waals surface area contributed by atoms with Crippen LogP contribution in [0.3, 0.4) is 0 Å². The van der Waals surface area contributed by atoms with E-state index in [0.717, 1.165) is 18.7 Å². The van der Waals surface area contributed by atoms with Crippen molar-refractivity contribution >= 4 is 0 Å². The van der Waals surface area contributed by atoms with Gasteiger partial charge in [-0.3, -0.25) is 0 Å². The fourth-order valence-electron chi connectivity index (χ4n) is 2.71. The van der Waals surface area contributed by atoms with Gasteiger partial charge in [-0.25, -0.2) is 4.39 Å². The van der Waals surface area contributed by atoms with Crippen molar-refractivity contribution in [3.05, 3.63) is 35.6 Å². The molecule has 0 saturated carbocycles. The molecule has 1 fully saturated rings. The number of piperidine rings is 1. The number of nitrogens with one attached hydrogen (secondary N) is 1. The maximum absolute atomic E-state index is 13.1. The molecular weight excluding hydrogens is 227 g/mol. The van der Waals surface area contributed by atoms with Crippen LogP contribution in [0.5, 0.6) is 0 Å². The molecule has 2 rings (SSSR count). The molecule has 1 aliphatic rings. The lowest BCUT2D eigenvalue weighted by atomic mass is 9.92. The molecule has 0 bridgehead atoms. The third kappa shape index (κ3) is 3.79. The van der Waals surface area contributed by atoms with Gasteiger partial charge in [-0.1, -0.05) is 12.1 Å². The number of benzene rings is 1. The molecule has 1 saturated heterocycles. The number of likely N-dealkylation sites (tertiary alicyclic amines) is 1. The molecule has 3 heteroatoms. The van der Waals surface area contributed by atoms with Crippen LogP contribution < -0.4 is 5.32 Å². The summed E-state index contributed by atoms with van der Waals surface area (Å²) in [6.45, 7) is 5.37. The van der Waals surface area contributed by atoms with Gasteiger partial charge in [0.25, 0.3) is 0 Å². The highest BCUT2D eigenvalue weighted by Gasteiger charge is 2.22. The lowest BCUT2D eigenvalue weighted by Gasteiger charge is -2.34. The van der Waals surface area contributed by atoms with E-state index in [0.29, 0.717) is 12.0 Å². The van der Waals surface area contributed by atoms with Crippen molar-refractivity contribution in [3.63, 3.8) is 0 Å². The van der Waals surface area contributed by atoms with Gasteiger partial charge in [-0.15, -0.1) is 0 Å². The van der Waals surface area contributed by atoms with E-state index in [-0.39, 0.29) is 5.82 Å². The molecular formula is C15H23FN2. The summed E-state index contributed by atoms with van der Waals surface area (Å²) in [6, 6.07) is 7.31. The van der Waals surface area contributed by atoms with Gasteiger partial charge >= 0.3 is 0 Å². The van der Waals surface area contributed by atoms with E-state index < -0.39 is 0 Å². The zero-order chi connectivity index (χ0) is 13.0. The first kappa shape index (κ1) is 13.5. The summed E-state index contributed by atoms with van der Waals surface area (Å²) in [4.78, 5) is 2.40. The minimum absolute atomic E-state index is 0.153. The summed E-state index contributed by atoms with van der Waals surface area (Å²) < 4.78 is 13.1. The van der Waals surface area contributed by atoms with E-state index in [1.807, 2.05) is 6.07 Å². The third-order valence-electron chi connectivity index (χ3n) is 3.89. The zero-order valence-electron chi connectivity index (χ0n) is 11.3. The van der Waals surface area contributed by atoms with E-state index in [1.165, 1.54) is 25.5 Å². The molecule has 0 aromatic heterocycles. The lowest BCUT2D eigenvalue weighted by molar-refractivity contribution is 0.178. The molecule has 0 radical (unpaired) electrons. The summed E-state index contributed by atoms with van der Waals surface area (Å²) in [5, 5.41) is 3.52. The van der Waals surface area contributed by atoms with Gasteiger partial charge in [0.2, 0.25) is 0 Å². The van der Waals surface area contributed by atoms with Crippen LogP contribution in [0.1, 0.15) is 25.3 Å². The second-order valence-corrected chi connectivity index (χ2v) is 5.46. The Hall–Kier alpha value is -0.930. The first-order valence-electron chi connectivity index (χ1n) is 6.81. The van der Waals surface area contributed by atoms with Gasteiger partial charge in [0.05, 0.1) is 0 Å². The fraction of sp³-hybridized carbons (Fsp3) is 0.600. The Bertz CT molecular complexity index is 381. The molecule has 2 atom stereocenters. The van der Waals surface area contributed by atoms with Crippen LogP contribution in [0, 0.1) is 11.7 Å². The highest BCUT2D eigenvalue weighted by atomic mass is 19.1.